The van der Waals surface area contributed by atoms with Crippen LogP contribution in [0.25, 0.3) is 22.5 Å². The van der Waals surface area contributed by atoms with E-state index in [0.29, 0.717) is 18.2 Å². The van der Waals surface area contributed by atoms with E-state index in [-0.39, 0.29) is 78.5 Å². The second kappa shape index (κ2) is 11.3. The SMILES string of the molecule is COCCOc1cc(F)cc(F)c1-c1c(-c2cc3n(n2)CCN(C(=O)O)[C@@H]3C)nc(OS(=O)(=O)C(F)(F)F)c2c1CCC2. The molecule has 17 heteroatoms. The van der Waals surface area contributed by atoms with E-state index < -0.39 is 45.3 Å². The van der Waals surface area contributed by atoms with E-state index in [2.05, 4.69) is 14.3 Å². The number of rotatable bonds is 8. The molecule has 0 bridgehead atoms. The van der Waals surface area contributed by atoms with Crippen LogP contribution >= 0.6 is 0 Å². The molecule has 0 saturated carbocycles. The van der Waals surface area contributed by atoms with Gasteiger partial charge >= 0.3 is 21.7 Å². The minimum Gasteiger partial charge on any atom is -0.490 e. The van der Waals surface area contributed by atoms with Gasteiger partial charge < -0.3 is 18.8 Å². The summed E-state index contributed by atoms with van der Waals surface area (Å²) in [4.78, 5) is 17.0. The molecule has 11 nitrogen and oxygen atoms in total. The van der Waals surface area contributed by atoms with Crippen molar-refractivity contribution in [3.8, 4) is 34.1 Å². The molecule has 1 amide bonds. The Morgan fingerprint density at radius 2 is 1.81 bits per heavy atom. The van der Waals surface area contributed by atoms with E-state index in [0.717, 1.165) is 11.0 Å². The van der Waals surface area contributed by atoms with Crippen molar-refractivity contribution in [2.24, 2.45) is 0 Å². The predicted molar refractivity (Wildman–Crippen MR) is 139 cm³/mol. The number of fused-ring (bicyclic) bond motifs is 2. The summed E-state index contributed by atoms with van der Waals surface area (Å²) in [7, 11) is -4.74. The summed E-state index contributed by atoms with van der Waals surface area (Å²) >= 11 is 0. The summed E-state index contributed by atoms with van der Waals surface area (Å²) in [5.74, 6) is -3.14. The second-order valence-electron chi connectivity index (χ2n) is 9.87. The molecule has 3 heterocycles. The zero-order chi connectivity index (χ0) is 31.3. The Morgan fingerprint density at radius 1 is 1.09 bits per heavy atom. The van der Waals surface area contributed by atoms with Gasteiger partial charge in [-0.1, -0.05) is 0 Å². The van der Waals surface area contributed by atoms with E-state index in [4.69, 9.17) is 9.47 Å². The Morgan fingerprint density at radius 3 is 2.49 bits per heavy atom. The first-order valence-electron chi connectivity index (χ1n) is 13.0. The van der Waals surface area contributed by atoms with Crippen molar-refractivity contribution in [3.05, 3.63) is 46.7 Å². The van der Waals surface area contributed by atoms with Crippen molar-refractivity contribution in [2.75, 3.05) is 26.9 Å². The highest BCUT2D eigenvalue weighted by Crippen LogP contribution is 2.47. The molecule has 232 valence electrons. The van der Waals surface area contributed by atoms with Gasteiger partial charge in [0, 0.05) is 36.9 Å². The lowest BCUT2D eigenvalue weighted by molar-refractivity contribution is -0.0501. The molecule has 1 aliphatic carbocycles. The maximum Gasteiger partial charge on any atom is 0.534 e. The van der Waals surface area contributed by atoms with Crippen molar-refractivity contribution in [1.29, 1.82) is 0 Å². The lowest BCUT2D eigenvalue weighted by atomic mass is 9.93. The van der Waals surface area contributed by atoms with Crippen LogP contribution in [-0.4, -0.2) is 71.7 Å². The summed E-state index contributed by atoms with van der Waals surface area (Å²) in [5, 5.41) is 14.0. The van der Waals surface area contributed by atoms with Gasteiger partial charge in [-0.05, 0) is 37.8 Å². The van der Waals surface area contributed by atoms with Crippen LogP contribution in [0.2, 0.25) is 0 Å². The highest BCUT2D eigenvalue weighted by Gasteiger charge is 2.49. The third-order valence-electron chi connectivity index (χ3n) is 7.26. The second-order valence-corrected chi connectivity index (χ2v) is 11.4. The standard InChI is InChI=1S/C26H25F5N4O7S/c1-13-19-12-18(33-35(19)7-6-34(13)25(36)37)23-21(22-17(28)10-14(27)11-20(22)41-9-8-40-2)15-4-3-5-16(15)24(32-23)42-43(38,39)26(29,30)31/h10-13H,3-9H2,1-2H3,(H,36,37)/t13-/m1/s1. The molecule has 5 rings (SSSR count). The predicted octanol–water partition coefficient (Wildman–Crippen LogP) is 4.69. The van der Waals surface area contributed by atoms with Gasteiger partial charge in [0.1, 0.15) is 35.4 Å². The van der Waals surface area contributed by atoms with Gasteiger partial charge in [-0.25, -0.2) is 18.6 Å². The number of carbonyl (C=O) groups is 1. The Hall–Kier alpha value is -3.99. The van der Waals surface area contributed by atoms with Crippen molar-refractivity contribution in [3.63, 3.8) is 0 Å². The van der Waals surface area contributed by atoms with E-state index in [1.165, 1.54) is 17.9 Å². The largest absolute Gasteiger partial charge is 0.534 e. The molecule has 2 aromatic heterocycles. The van der Waals surface area contributed by atoms with E-state index in [1.54, 1.807) is 6.92 Å². The Kier molecular flexibility index (Phi) is 7.98. The summed E-state index contributed by atoms with van der Waals surface area (Å²) < 4.78 is 111. The van der Waals surface area contributed by atoms with Crippen LogP contribution < -0.4 is 8.92 Å². The van der Waals surface area contributed by atoms with Gasteiger partial charge in [-0.15, -0.1) is 0 Å². The van der Waals surface area contributed by atoms with Crippen LogP contribution in [0.15, 0.2) is 18.2 Å². The molecule has 0 fully saturated rings. The number of methoxy groups -OCH3 is 1. The zero-order valence-corrected chi connectivity index (χ0v) is 23.6. The molecule has 2 aliphatic rings. The summed E-state index contributed by atoms with van der Waals surface area (Å²) in [6.45, 7) is 1.76. The molecule has 0 radical (unpaired) electrons. The molecule has 1 atom stereocenters. The maximum atomic E-state index is 15.7. The fourth-order valence-corrected chi connectivity index (χ4v) is 5.76. The number of ether oxygens (including phenoxy) is 2. The van der Waals surface area contributed by atoms with Crippen LogP contribution in [-0.2, 0) is 34.2 Å². The number of carboxylic acid groups (broad SMARTS) is 1. The number of hydrogen-bond acceptors (Lipinski definition) is 8. The third-order valence-corrected chi connectivity index (χ3v) is 8.21. The topological polar surface area (TPSA) is 133 Å². The first-order chi connectivity index (χ1) is 20.2. The Balaban J connectivity index is 1.79. The maximum absolute atomic E-state index is 15.7. The van der Waals surface area contributed by atoms with Crippen LogP contribution in [0.5, 0.6) is 11.6 Å². The van der Waals surface area contributed by atoms with Crippen LogP contribution in [0.3, 0.4) is 0 Å². The lowest BCUT2D eigenvalue weighted by Crippen LogP contribution is -2.40. The number of benzene rings is 1. The highest BCUT2D eigenvalue weighted by atomic mass is 32.2. The third kappa shape index (κ3) is 5.58. The quantitative estimate of drug-likeness (QED) is 0.163. The van der Waals surface area contributed by atoms with Gasteiger partial charge in [0.15, 0.2) is 0 Å². The average Bonchev–Trinajstić information content (AvgIpc) is 3.57. The normalized spacial score (nSPS) is 16.6. The summed E-state index contributed by atoms with van der Waals surface area (Å²) in [6, 6.07) is 2.28. The smallest absolute Gasteiger partial charge is 0.490 e. The Bertz CT molecular complexity index is 1690. The number of halogens is 5. The Labute approximate surface area is 241 Å². The molecule has 0 saturated heterocycles. The summed E-state index contributed by atoms with van der Waals surface area (Å²) in [5.41, 5.74) is -5.67. The first kappa shape index (κ1) is 30.5. The number of nitrogens with zero attached hydrogens (tertiary/aromatic N) is 4. The number of pyridine rings is 1. The monoisotopic (exact) mass is 632 g/mol. The van der Waals surface area contributed by atoms with Gasteiger partial charge in [-0.2, -0.15) is 26.7 Å². The molecule has 1 N–H and O–H groups in total. The molecule has 1 aromatic carbocycles. The minimum atomic E-state index is -6.14. The number of hydrogen-bond donors (Lipinski definition) is 1. The average molecular weight is 633 g/mol. The molecule has 3 aromatic rings. The molecule has 1 aliphatic heterocycles. The van der Waals surface area contributed by atoms with E-state index in [9.17, 15) is 35.9 Å². The fourth-order valence-electron chi connectivity index (χ4n) is 5.32. The lowest BCUT2D eigenvalue weighted by Gasteiger charge is -2.31. The van der Waals surface area contributed by atoms with Crippen LogP contribution in [0, 0.1) is 11.6 Å². The zero-order valence-electron chi connectivity index (χ0n) is 22.7. The highest BCUT2D eigenvalue weighted by molar-refractivity contribution is 7.88. The van der Waals surface area contributed by atoms with Crippen molar-refractivity contribution >= 4 is 16.2 Å². The molecule has 43 heavy (non-hydrogen) atoms. The fraction of sp³-hybridized carbons (Fsp3) is 0.423. The van der Waals surface area contributed by atoms with Gasteiger partial charge in [-0.3, -0.25) is 9.58 Å². The summed E-state index contributed by atoms with van der Waals surface area (Å²) in [6.07, 6.45) is -0.626. The van der Waals surface area contributed by atoms with Crippen molar-refractivity contribution in [2.45, 2.75) is 44.3 Å². The molecule has 0 unspecified atom stereocenters. The van der Waals surface area contributed by atoms with Gasteiger partial charge in [0.05, 0.1) is 30.5 Å². The number of alkyl halides is 3. The van der Waals surface area contributed by atoms with Gasteiger partial charge in [0.2, 0.25) is 5.88 Å². The first-order valence-corrected chi connectivity index (χ1v) is 14.4. The minimum absolute atomic E-state index is 0.00682. The van der Waals surface area contributed by atoms with E-state index in [1.807, 2.05) is 0 Å². The molecular weight excluding hydrogens is 607 g/mol. The number of amides is 1. The number of aromatic nitrogens is 3. The van der Waals surface area contributed by atoms with Crippen molar-refractivity contribution < 1.29 is 53.9 Å². The van der Waals surface area contributed by atoms with Crippen LogP contribution in [0.4, 0.5) is 26.7 Å². The molecule has 0 spiro atoms. The molecular formula is C26H25F5N4O7S. The van der Waals surface area contributed by atoms with Gasteiger partial charge in [0.25, 0.3) is 0 Å². The van der Waals surface area contributed by atoms with Crippen LogP contribution in [0.1, 0.15) is 36.2 Å². The van der Waals surface area contributed by atoms with E-state index >= 15 is 4.39 Å². The van der Waals surface area contributed by atoms with Crippen molar-refractivity contribution in [1.82, 2.24) is 19.7 Å².